The molecule has 1 fully saturated rings. The van der Waals surface area contributed by atoms with Crippen molar-refractivity contribution in [2.75, 3.05) is 36.5 Å². The molecular weight excluding hydrogens is 431 g/mol. The molecule has 0 bridgehead atoms. The van der Waals surface area contributed by atoms with Crippen LogP contribution in [-0.2, 0) is 10.9 Å². The molecule has 0 saturated carbocycles. The quantitative estimate of drug-likeness (QED) is 0.549. The van der Waals surface area contributed by atoms with E-state index < -0.39 is 29.4 Å². The number of nitrogens with zero attached hydrogens (tertiary/aromatic N) is 3. The van der Waals surface area contributed by atoms with E-state index in [1.165, 1.54) is 19.1 Å². The van der Waals surface area contributed by atoms with Gasteiger partial charge in [0.05, 0.1) is 36.2 Å². The average molecular weight is 452 g/mol. The number of halogens is 5. The second-order valence-electron chi connectivity index (χ2n) is 7.66. The Bertz CT molecular complexity index is 1150. The van der Waals surface area contributed by atoms with Crippen LogP contribution in [0.1, 0.15) is 29.8 Å². The standard InChI is InChI=1S/C22H21F5N4O/c1-12(14-4-3-5-17(20(14)24)22(25,26)27)28-21-16-11-19(31-6-8-32-9-7-31)18(23)10-15(16)13(2)29-30-21/h3-5,10-12H,6-9H2,1-2H3,(H,28,30)/t12-/m1/s1. The first-order valence-electron chi connectivity index (χ1n) is 10.1. The van der Waals surface area contributed by atoms with Gasteiger partial charge in [-0.05, 0) is 32.0 Å². The van der Waals surface area contributed by atoms with Gasteiger partial charge in [0.15, 0.2) is 5.82 Å². The van der Waals surface area contributed by atoms with Crippen LogP contribution in [0.3, 0.4) is 0 Å². The summed E-state index contributed by atoms with van der Waals surface area (Å²) in [7, 11) is 0. The number of fused-ring (bicyclic) bond motifs is 1. The van der Waals surface area contributed by atoms with E-state index in [0.29, 0.717) is 54.5 Å². The van der Waals surface area contributed by atoms with Crippen LogP contribution in [-0.4, -0.2) is 36.5 Å². The molecule has 1 aromatic heterocycles. The Hall–Kier alpha value is -3.01. The van der Waals surface area contributed by atoms with Crippen LogP contribution in [0.15, 0.2) is 30.3 Å². The molecule has 10 heteroatoms. The Morgan fingerprint density at radius 3 is 2.47 bits per heavy atom. The number of benzene rings is 2. The molecule has 2 aromatic carbocycles. The molecule has 1 atom stereocenters. The molecule has 0 amide bonds. The largest absolute Gasteiger partial charge is 0.419 e. The van der Waals surface area contributed by atoms with Crippen molar-refractivity contribution in [3.8, 4) is 0 Å². The third-order valence-corrected chi connectivity index (χ3v) is 5.54. The van der Waals surface area contributed by atoms with Crippen LogP contribution < -0.4 is 10.2 Å². The van der Waals surface area contributed by atoms with Gasteiger partial charge in [0.25, 0.3) is 0 Å². The first-order valence-corrected chi connectivity index (χ1v) is 10.1. The highest BCUT2D eigenvalue weighted by atomic mass is 19.4. The van der Waals surface area contributed by atoms with Gasteiger partial charge >= 0.3 is 6.18 Å². The fourth-order valence-corrected chi connectivity index (χ4v) is 3.83. The number of morpholine rings is 1. The van der Waals surface area contributed by atoms with Gasteiger partial charge in [-0.25, -0.2) is 8.78 Å². The summed E-state index contributed by atoms with van der Waals surface area (Å²) >= 11 is 0. The van der Waals surface area contributed by atoms with Crippen LogP contribution in [0, 0.1) is 18.6 Å². The van der Waals surface area contributed by atoms with Gasteiger partial charge < -0.3 is 15.0 Å². The third kappa shape index (κ3) is 4.19. The summed E-state index contributed by atoms with van der Waals surface area (Å²) < 4.78 is 74.1. The molecule has 32 heavy (non-hydrogen) atoms. The van der Waals surface area contributed by atoms with Gasteiger partial charge in [-0.1, -0.05) is 12.1 Å². The number of rotatable bonds is 4. The molecule has 1 aliphatic rings. The van der Waals surface area contributed by atoms with E-state index in [2.05, 4.69) is 15.5 Å². The lowest BCUT2D eigenvalue weighted by molar-refractivity contribution is -0.140. The Morgan fingerprint density at radius 1 is 1.06 bits per heavy atom. The molecule has 4 rings (SSSR count). The lowest BCUT2D eigenvalue weighted by atomic mass is 10.0. The minimum atomic E-state index is -4.80. The van der Waals surface area contributed by atoms with Crippen LogP contribution in [0.25, 0.3) is 10.8 Å². The highest BCUT2D eigenvalue weighted by molar-refractivity contribution is 5.95. The number of aryl methyl sites for hydroxylation is 1. The summed E-state index contributed by atoms with van der Waals surface area (Å²) in [6.07, 6.45) is -4.80. The van der Waals surface area contributed by atoms with Crippen molar-refractivity contribution < 1.29 is 26.7 Å². The van der Waals surface area contributed by atoms with Gasteiger partial charge in [-0.2, -0.15) is 18.3 Å². The third-order valence-electron chi connectivity index (χ3n) is 5.54. The minimum Gasteiger partial charge on any atom is -0.378 e. The van der Waals surface area contributed by atoms with Crippen LogP contribution >= 0.6 is 0 Å². The number of nitrogens with one attached hydrogen (secondary N) is 1. The molecule has 0 aliphatic carbocycles. The number of hydrogen-bond acceptors (Lipinski definition) is 5. The number of alkyl halides is 3. The predicted octanol–water partition coefficient (Wildman–Crippen LogP) is 5.24. The lowest BCUT2D eigenvalue weighted by Crippen LogP contribution is -2.36. The van der Waals surface area contributed by atoms with Crippen molar-refractivity contribution in [1.29, 1.82) is 0 Å². The normalized spacial score (nSPS) is 15.8. The first-order chi connectivity index (χ1) is 15.2. The van der Waals surface area contributed by atoms with Crippen molar-refractivity contribution in [3.05, 3.63) is 58.8 Å². The van der Waals surface area contributed by atoms with E-state index in [0.717, 1.165) is 6.07 Å². The van der Waals surface area contributed by atoms with Gasteiger partial charge in [0.2, 0.25) is 0 Å². The number of aromatic nitrogens is 2. The van der Waals surface area contributed by atoms with Gasteiger partial charge in [0.1, 0.15) is 11.6 Å². The van der Waals surface area contributed by atoms with E-state index in [1.54, 1.807) is 13.0 Å². The fraction of sp³-hybridized carbons (Fsp3) is 0.364. The molecule has 1 saturated heterocycles. The van der Waals surface area contributed by atoms with Crippen LogP contribution in [0.5, 0.6) is 0 Å². The highest BCUT2D eigenvalue weighted by Crippen LogP contribution is 2.36. The Morgan fingerprint density at radius 2 is 1.78 bits per heavy atom. The summed E-state index contributed by atoms with van der Waals surface area (Å²) in [6, 6.07) is 5.29. The van der Waals surface area contributed by atoms with E-state index in [-0.39, 0.29) is 11.4 Å². The van der Waals surface area contributed by atoms with Gasteiger partial charge in [0, 0.05) is 29.4 Å². The monoisotopic (exact) mass is 452 g/mol. The zero-order chi connectivity index (χ0) is 23.0. The molecule has 2 heterocycles. The average Bonchev–Trinajstić information content (AvgIpc) is 2.75. The van der Waals surface area contributed by atoms with Crippen molar-refractivity contribution in [1.82, 2.24) is 10.2 Å². The van der Waals surface area contributed by atoms with E-state index in [1.807, 2.05) is 4.90 Å². The maximum atomic E-state index is 14.8. The second-order valence-corrected chi connectivity index (χ2v) is 7.66. The SMILES string of the molecule is Cc1nnc(N[C@H](C)c2cccc(C(F)(F)F)c2F)c2cc(N3CCOCC3)c(F)cc12. The number of ether oxygens (including phenoxy) is 1. The fourth-order valence-electron chi connectivity index (χ4n) is 3.83. The maximum Gasteiger partial charge on any atom is 0.419 e. The van der Waals surface area contributed by atoms with Crippen molar-refractivity contribution >= 4 is 22.3 Å². The van der Waals surface area contributed by atoms with Crippen molar-refractivity contribution in [3.63, 3.8) is 0 Å². The molecule has 5 nitrogen and oxygen atoms in total. The van der Waals surface area contributed by atoms with Crippen LogP contribution in [0.4, 0.5) is 33.5 Å². The minimum absolute atomic E-state index is 0.161. The topological polar surface area (TPSA) is 50.3 Å². The first kappa shape index (κ1) is 22.2. The molecule has 1 aliphatic heterocycles. The molecule has 0 unspecified atom stereocenters. The zero-order valence-electron chi connectivity index (χ0n) is 17.4. The molecule has 0 spiro atoms. The summed E-state index contributed by atoms with van der Waals surface area (Å²) in [4.78, 5) is 1.85. The zero-order valence-corrected chi connectivity index (χ0v) is 17.4. The molecule has 3 aromatic rings. The molecular formula is C22H21F5N4O. The second kappa shape index (κ2) is 8.50. The van der Waals surface area contributed by atoms with Crippen molar-refractivity contribution in [2.45, 2.75) is 26.1 Å². The Kier molecular flexibility index (Phi) is 5.89. The maximum absolute atomic E-state index is 14.8. The summed E-state index contributed by atoms with van der Waals surface area (Å²) in [5.74, 6) is -1.53. The van der Waals surface area contributed by atoms with Crippen molar-refractivity contribution in [2.24, 2.45) is 0 Å². The number of anilines is 2. The van der Waals surface area contributed by atoms with E-state index in [9.17, 15) is 22.0 Å². The summed E-state index contributed by atoms with van der Waals surface area (Å²) in [5.41, 5.74) is -0.629. The predicted molar refractivity (Wildman–Crippen MR) is 111 cm³/mol. The lowest BCUT2D eigenvalue weighted by Gasteiger charge is -2.29. The molecule has 170 valence electrons. The summed E-state index contributed by atoms with van der Waals surface area (Å²) in [6.45, 7) is 5.20. The molecule has 1 N–H and O–H groups in total. The summed E-state index contributed by atoms with van der Waals surface area (Å²) in [5, 5.41) is 12.1. The molecule has 0 radical (unpaired) electrons. The van der Waals surface area contributed by atoms with Gasteiger partial charge in [-0.15, -0.1) is 5.10 Å². The highest BCUT2D eigenvalue weighted by Gasteiger charge is 2.35. The van der Waals surface area contributed by atoms with E-state index >= 15 is 0 Å². The smallest absolute Gasteiger partial charge is 0.378 e. The van der Waals surface area contributed by atoms with Gasteiger partial charge in [-0.3, -0.25) is 0 Å². The Balaban J connectivity index is 1.74. The Labute approximate surface area is 181 Å². The van der Waals surface area contributed by atoms with Crippen LogP contribution in [0.2, 0.25) is 0 Å². The van der Waals surface area contributed by atoms with E-state index in [4.69, 9.17) is 4.74 Å². The number of hydrogen-bond donors (Lipinski definition) is 1.